The zero-order chi connectivity index (χ0) is 15.8. The quantitative estimate of drug-likeness (QED) is 0.626. The fraction of sp³-hybridized carbons (Fsp3) is 0.0556. The van der Waals surface area contributed by atoms with Crippen LogP contribution in [0.1, 0.15) is 15.2 Å². The minimum absolute atomic E-state index is 0.0710. The van der Waals surface area contributed by atoms with Crippen LogP contribution in [0.5, 0.6) is 11.5 Å². The number of rotatable bonds is 3. The lowest BCUT2D eigenvalue weighted by atomic mass is 10.0. The Morgan fingerprint density at radius 1 is 1.04 bits per heavy atom. The zero-order valence-electron chi connectivity index (χ0n) is 11.9. The van der Waals surface area contributed by atoms with Gasteiger partial charge in [-0.05, 0) is 41.3 Å². The number of carbonyl (C=O) groups is 1. The van der Waals surface area contributed by atoms with Crippen LogP contribution in [-0.4, -0.2) is 12.6 Å². The smallest absolute Gasteiger partial charge is 0.231 e. The predicted molar refractivity (Wildman–Crippen MR) is 90.8 cm³/mol. The van der Waals surface area contributed by atoms with Crippen LogP contribution in [0.25, 0.3) is 11.1 Å². The third-order valence-electron chi connectivity index (χ3n) is 3.67. The molecular weight excluding hydrogens is 332 g/mol. The van der Waals surface area contributed by atoms with Gasteiger partial charge in [0.15, 0.2) is 11.5 Å². The lowest BCUT2D eigenvalue weighted by Crippen LogP contribution is -2.01. The lowest BCUT2D eigenvalue weighted by Gasteiger charge is -2.06. The van der Waals surface area contributed by atoms with Crippen molar-refractivity contribution >= 4 is 28.7 Å². The largest absolute Gasteiger partial charge is 0.454 e. The molecule has 2 heterocycles. The highest BCUT2D eigenvalue weighted by Gasteiger charge is 2.20. The highest BCUT2D eigenvalue weighted by molar-refractivity contribution is 7.12. The molecule has 0 amide bonds. The van der Waals surface area contributed by atoms with Gasteiger partial charge >= 0.3 is 0 Å². The summed E-state index contributed by atoms with van der Waals surface area (Å²) in [7, 11) is 0. The number of ether oxygens (including phenoxy) is 2. The van der Waals surface area contributed by atoms with Gasteiger partial charge in [0.2, 0.25) is 12.6 Å². The molecular formula is C18H11ClO3S. The van der Waals surface area contributed by atoms with Crippen LogP contribution >= 0.6 is 22.9 Å². The van der Waals surface area contributed by atoms with Crippen molar-refractivity contribution in [3.05, 3.63) is 69.4 Å². The van der Waals surface area contributed by atoms with E-state index in [0.29, 0.717) is 21.2 Å². The number of fused-ring (bicyclic) bond motifs is 1. The van der Waals surface area contributed by atoms with Crippen molar-refractivity contribution in [3.8, 4) is 22.6 Å². The van der Waals surface area contributed by atoms with Crippen LogP contribution in [0.2, 0.25) is 5.02 Å². The van der Waals surface area contributed by atoms with E-state index in [-0.39, 0.29) is 12.6 Å². The molecule has 0 saturated heterocycles. The zero-order valence-corrected chi connectivity index (χ0v) is 13.5. The van der Waals surface area contributed by atoms with Crippen molar-refractivity contribution in [2.45, 2.75) is 0 Å². The molecule has 4 rings (SSSR count). The fourth-order valence-corrected chi connectivity index (χ4v) is 3.64. The summed E-state index contributed by atoms with van der Waals surface area (Å²) in [6, 6.07) is 14.7. The summed E-state index contributed by atoms with van der Waals surface area (Å²) in [5.74, 6) is 1.35. The van der Waals surface area contributed by atoms with E-state index in [0.717, 1.165) is 16.9 Å². The van der Waals surface area contributed by atoms with Gasteiger partial charge in [-0.25, -0.2) is 0 Å². The summed E-state index contributed by atoms with van der Waals surface area (Å²) < 4.78 is 10.7. The van der Waals surface area contributed by atoms with Gasteiger partial charge in [-0.1, -0.05) is 29.8 Å². The van der Waals surface area contributed by atoms with Crippen LogP contribution in [-0.2, 0) is 0 Å². The molecule has 3 aromatic rings. The molecule has 0 radical (unpaired) electrons. The number of thiophene rings is 1. The molecule has 0 saturated carbocycles. The van der Waals surface area contributed by atoms with Crippen molar-refractivity contribution in [1.29, 1.82) is 0 Å². The first-order valence-corrected chi connectivity index (χ1v) is 8.26. The van der Waals surface area contributed by atoms with E-state index in [1.165, 1.54) is 11.3 Å². The Morgan fingerprint density at radius 2 is 1.87 bits per heavy atom. The summed E-state index contributed by atoms with van der Waals surface area (Å²) >= 11 is 7.57. The first-order valence-electron chi connectivity index (χ1n) is 7.01. The van der Waals surface area contributed by atoms with Gasteiger partial charge in [-0.3, -0.25) is 4.79 Å². The van der Waals surface area contributed by atoms with Crippen molar-refractivity contribution in [2.24, 2.45) is 0 Å². The Balaban J connectivity index is 1.77. The van der Waals surface area contributed by atoms with Gasteiger partial charge in [0, 0.05) is 11.1 Å². The van der Waals surface area contributed by atoms with Crippen LogP contribution in [0.15, 0.2) is 53.9 Å². The van der Waals surface area contributed by atoms with E-state index in [4.69, 9.17) is 21.1 Å². The topological polar surface area (TPSA) is 35.5 Å². The van der Waals surface area contributed by atoms with E-state index in [1.807, 2.05) is 41.8 Å². The summed E-state index contributed by atoms with van der Waals surface area (Å²) in [6.07, 6.45) is 0. The van der Waals surface area contributed by atoms with E-state index >= 15 is 0 Å². The van der Waals surface area contributed by atoms with Gasteiger partial charge in [-0.2, -0.15) is 0 Å². The number of ketones is 1. The maximum atomic E-state index is 12.8. The van der Waals surface area contributed by atoms with E-state index < -0.39 is 0 Å². The summed E-state index contributed by atoms with van der Waals surface area (Å²) in [5.41, 5.74) is 2.31. The molecule has 0 N–H and O–H groups in total. The van der Waals surface area contributed by atoms with Crippen LogP contribution in [0, 0.1) is 0 Å². The average Bonchev–Trinajstić information content (AvgIpc) is 3.23. The fourth-order valence-electron chi connectivity index (χ4n) is 2.54. The number of carbonyl (C=O) groups excluding carboxylic acids is 1. The Morgan fingerprint density at radius 3 is 2.74 bits per heavy atom. The molecule has 1 aromatic heterocycles. The Hall–Kier alpha value is -2.30. The number of halogens is 1. The summed E-state index contributed by atoms with van der Waals surface area (Å²) in [4.78, 5) is 13.5. The lowest BCUT2D eigenvalue weighted by molar-refractivity contribution is 0.104. The molecule has 3 nitrogen and oxygen atoms in total. The van der Waals surface area contributed by atoms with Crippen LogP contribution < -0.4 is 9.47 Å². The molecule has 114 valence electrons. The summed E-state index contributed by atoms with van der Waals surface area (Å²) in [6.45, 7) is 0.230. The first kappa shape index (κ1) is 14.3. The second kappa shape index (κ2) is 5.72. The normalized spacial score (nSPS) is 12.4. The predicted octanol–water partition coefficient (Wildman–Crippen LogP) is 5.03. The standard InChI is InChI=1S/C18H11ClO3S/c19-14-4-2-1-3-13(14)17(20)18-12(7-8-23-18)11-5-6-15-16(9-11)22-10-21-15/h1-9H,10H2. The van der Waals surface area contributed by atoms with Gasteiger partial charge < -0.3 is 9.47 Å². The number of hydrogen-bond acceptors (Lipinski definition) is 4. The molecule has 0 atom stereocenters. The molecule has 0 aliphatic carbocycles. The van der Waals surface area contributed by atoms with Gasteiger partial charge in [0.05, 0.1) is 9.90 Å². The molecule has 1 aliphatic rings. The van der Waals surface area contributed by atoms with Crippen molar-refractivity contribution in [3.63, 3.8) is 0 Å². The Bertz CT molecular complexity index is 901. The van der Waals surface area contributed by atoms with Crippen LogP contribution in [0.3, 0.4) is 0 Å². The van der Waals surface area contributed by atoms with E-state index in [2.05, 4.69) is 0 Å². The van der Waals surface area contributed by atoms with Gasteiger partial charge in [-0.15, -0.1) is 11.3 Å². The van der Waals surface area contributed by atoms with Gasteiger partial charge in [0.1, 0.15) is 0 Å². The molecule has 0 fully saturated rings. The van der Waals surface area contributed by atoms with Crippen LogP contribution in [0.4, 0.5) is 0 Å². The van der Waals surface area contributed by atoms with Gasteiger partial charge in [0.25, 0.3) is 0 Å². The maximum Gasteiger partial charge on any atom is 0.231 e. The molecule has 23 heavy (non-hydrogen) atoms. The molecule has 0 spiro atoms. The average molecular weight is 343 g/mol. The Kier molecular flexibility index (Phi) is 3.56. The van der Waals surface area contributed by atoms with Crippen molar-refractivity contribution < 1.29 is 14.3 Å². The third kappa shape index (κ3) is 2.50. The maximum absolute atomic E-state index is 12.8. The second-order valence-electron chi connectivity index (χ2n) is 5.04. The molecule has 0 bridgehead atoms. The Labute approximate surface area is 142 Å². The highest BCUT2D eigenvalue weighted by Crippen LogP contribution is 2.38. The minimum atomic E-state index is -0.0710. The monoisotopic (exact) mass is 342 g/mol. The number of hydrogen-bond donors (Lipinski definition) is 0. The third-order valence-corrected chi connectivity index (χ3v) is 4.92. The molecule has 0 unspecified atom stereocenters. The highest BCUT2D eigenvalue weighted by atomic mass is 35.5. The number of benzene rings is 2. The molecule has 1 aliphatic heterocycles. The summed E-state index contributed by atoms with van der Waals surface area (Å²) in [5, 5.41) is 2.37. The SMILES string of the molecule is O=C(c1ccccc1Cl)c1sccc1-c1ccc2c(c1)OCO2. The second-order valence-corrected chi connectivity index (χ2v) is 6.36. The minimum Gasteiger partial charge on any atom is -0.454 e. The van der Waals surface area contributed by atoms with Crippen molar-refractivity contribution in [2.75, 3.05) is 6.79 Å². The van der Waals surface area contributed by atoms with Crippen molar-refractivity contribution in [1.82, 2.24) is 0 Å². The molecule has 5 heteroatoms. The van der Waals surface area contributed by atoms with E-state index in [1.54, 1.807) is 12.1 Å². The van der Waals surface area contributed by atoms with E-state index in [9.17, 15) is 4.79 Å². The first-order chi connectivity index (χ1) is 11.2. The molecule has 2 aromatic carbocycles.